The van der Waals surface area contributed by atoms with Crippen molar-refractivity contribution in [2.45, 2.75) is 83.2 Å². The fourth-order valence-electron chi connectivity index (χ4n) is 8.71. The normalized spacial score (nSPS) is 15.8. The third kappa shape index (κ3) is 7.03. The first kappa shape index (κ1) is 34.6. The molecular weight excluding hydrogens is 653 g/mol. The van der Waals surface area contributed by atoms with Crippen LogP contribution in [0.25, 0.3) is 0 Å². The maximum atomic E-state index is 6.68. The molecule has 0 aliphatic heterocycles. The van der Waals surface area contributed by atoms with E-state index in [2.05, 4.69) is 149 Å². The summed E-state index contributed by atoms with van der Waals surface area (Å²) in [5, 5.41) is 0. The molecule has 4 heteroatoms. The summed E-state index contributed by atoms with van der Waals surface area (Å²) in [6.07, 6.45) is 1.93. The molecule has 0 saturated heterocycles. The zero-order valence-corrected chi connectivity index (χ0v) is 31.2. The summed E-state index contributed by atoms with van der Waals surface area (Å²) >= 11 is 0. The van der Waals surface area contributed by atoms with Gasteiger partial charge in [-0.1, -0.05) is 149 Å². The third-order valence-corrected chi connectivity index (χ3v) is 11.1. The zero-order valence-electron chi connectivity index (χ0n) is 31.2. The lowest BCUT2D eigenvalue weighted by molar-refractivity contribution is 0.255. The summed E-state index contributed by atoms with van der Waals surface area (Å²) in [4.78, 5) is 0. The standard InChI is InChI=1S/C49H48O4/c1-47(2)33-49(41-27-45(52-31-37-21-13-7-14-22-37)43(25-39(41)47)50-29-35-17-9-5-10-18-35)34-48(3,4)40-26-44(51-30-36-19-11-6-12-20-36)46(28-42(40)49)53-32-38-23-15-8-16-24-38/h5-28H,29-34H2,1-4H3. The predicted molar refractivity (Wildman–Crippen MR) is 212 cm³/mol. The van der Waals surface area contributed by atoms with E-state index >= 15 is 0 Å². The van der Waals surface area contributed by atoms with Crippen LogP contribution >= 0.6 is 0 Å². The Morgan fingerprint density at radius 1 is 0.358 bits per heavy atom. The van der Waals surface area contributed by atoms with Crippen molar-refractivity contribution in [2.24, 2.45) is 0 Å². The van der Waals surface area contributed by atoms with Crippen molar-refractivity contribution in [2.75, 3.05) is 0 Å². The largest absolute Gasteiger partial charge is 0.485 e. The van der Waals surface area contributed by atoms with Crippen molar-refractivity contribution >= 4 is 0 Å². The summed E-state index contributed by atoms with van der Waals surface area (Å²) in [6.45, 7) is 11.4. The first-order chi connectivity index (χ1) is 25.7. The van der Waals surface area contributed by atoms with Gasteiger partial charge in [-0.2, -0.15) is 0 Å². The summed E-state index contributed by atoms with van der Waals surface area (Å²) < 4.78 is 26.6. The highest BCUT2D eigenvalue weighted by molar-refractivity contribution is 5.66. The van der Waals surface area contributed by atoms with Crippen LogP contribution in [0.4, 0.5) is 0 Å². The van der Waals surface area contributed by atoms with Gasteiger partial charge in [-0.15, -0.1) is 0 Å². The molecule has 0 unspecified atom stereocenters. The lowest BCUT2D eigenvalue weighted by Gasteiger charge is -2.31. The molecule has 0 N–H and O–H groups in total. The van der Waals surface area contributed by atoms with E-state index < -0.39 is 0 Å². The number of hydrogen-bond donors (Lipinski definition) is 0. The predicted octanol–water partition coefficient (Wildman–Crippen LogP) is 11.7. The average Bonchev–Trinajstić information content (AvgIpc) is 3.53. The molecule has 268 valence electrons. The Bertz CT molecular complexity index is 2010. The Morgan fingerprint density at radius 2 is 0.604 bits per heavy atom. The monoisotopic (exact) mass is 700 g/mol. The highest BCUT2D eigenvalue weighted by Crippen LogP contribution is 2.65. The van der Waals surface area contributed by atoms with E-state index in [0.29, 0.717) is 26.4 Å². The minimum atomic E-state index is -0.247. The zero-order chi connectivity index (χ0) is 36.5. The van der Waals surface area contributed by atoms with Crippen LogP contribution in [0.5, 0.6) is 23.0 Å². The smallest absolute Gasteiger partial charge is 0.162 e. The van der Waals surface area contributed by atoms with Gasteiger partial charge in [0.05, 0.1) is 0 Å². The van der Waals surface area contributed by atoms with Gasteiger partial charge in [-0.3, -0.25) is 0 Å². The molecule has 0 radical (unpaired) electrons. The Balaban J connectivity index is 1.22. The fourth-order valence-corrected chi connectivity index (χ4v) is 8.71. The Labute approximate surface area is 314 Å². The molecule has 53 heavy (non-hydrogen) atoms. The van der Waals surface area contributed by atoms with Crippen molar-refractivity contribution in [1.29, 1.82) is 0 Å². The van der Waals surface area contributed by atoms with Crippen molar-refractivity contribution in [3.8, 4) is 23.0 Å². The van der Waals surface area contributed by atoms with Gasteiger partial charge in [0.25, 0.3) is 0 Å². The minimum Gasteiger partial charge on any atom is -0.485 e. The summed E-state index contributed by atoms with van der Waals surface area (Å²) in [6, 6.07) is 50.5. The molecule has 0 amide bonds. The first-order valence-electron chi connectivity index (χ1n) is 18.8. The van der Waals surface area contributed by atoms with Crippen LogP contribution in [0.15, 0.2) is 146 Å². The van der Waals surface area contributed by atoms with Crippen molar-refractivity contribution in [3.63, 3.8) is 0 Å². The summed E-state index contributed by atoms with van der Waals surface area (Å²) in [7, 11) is 0. The van der Waals surface area contributed by atoms with Gasteiger partial charge in [0.2, 0.25) is 0 Å². The molecule has 0 bridgehead atoms. The highest BCUT2D eigenvalue weighted by Gasteiger charge is 2.57. The Kier molecular flexibility index (Phi) is 9.24. The topological polar surface area (TPSA) is 36.9 Å². The third-order valence-electron chi connectivity index (χ3n) is 11.1. The molecule has 6 aromatic rings. The Hall–Kier alpha value is -5.48. The second kappa shape index (κ2) is 14.2. The van der Waals surface area contributed by atoms with E-state index in [1.54, 1.807) is 0 Å². The van der Waals surface area contributed by atoms with Crippen LogP contribution in [0.2, 0.25) is 0 Å². The Morgan fingerprint density at radius 3 is 0.868 bits per heavy atom. The molecule has 8 rings (SSSR count). The molecule has 2 aliphatic rings. The second-order valence-corrected chi connectivity index (χ2v) is 16.0. The summed E-state index contributed by atoms with van der Waals surface area (Å²) in [5.74, 6) is 3.11. The number of rotatable bonds is 12. The second-order valence-electron chi connectivity index (χ2n) is 16.0. The molecule has 0 fully saturated rings. The van der Waals surface area contributed by atoms with Crippen LogP contribution in [-0.2, 0) is 42.7 Å². The van der Waals surface area contributed by atoms with Crippen LogP contribution < -0.4 is 18.9 Å². The molecule has 4 nitrogen and oxygen atoms in total. The quantitative estimate of drug-likeness (QED) is 0.127. The van der Waals surface area contributed by atoms with Gasteiger partial charge < -0.3 is 18.9 Å². The van der Waals surface area contributed by atoms with E-state index in [1.807, 2.05) is 24.3 Å². The SMILES string of the molecule is CC1(C)CC2(CC(C)(C)c3cc(OCc4ccccc4)c(OCc4ccccc4)cc32)c2cc(OCc3ccccc3)c(OCc3ccccc3)cc21. The van der Waals surface area contributed by atoms with Gasteiger partial charge in [-0.05, 0) is 92.4 Å². The number of hydrogen-bond acceptors (Lipinski definition) is 4. The van der Waals surface area contributed by atoms with E-state index in [0.717, 1.165) is 58.1 Å². The van der Waals surface area contributed by atoms with Crippen LogP contribution in [0, 0.1) is 0 Å². The van der Waals surface area contributed by atoms with Crippen LogP contribution in [0.1, 0.15) is 85.0 Å². The molecule has 0 aromatic heterocycles. The first-order valence-corrected chi connectivity index (χ1v) is 18.8. The molecule has 0 atom stereocenters. The molecule has 1 spiro atoms. The minimum absolute atomic E-state index is 0.108. The fraction of sp³-hybridized carbons (Fsp3) is 0.265. The van der Waals surface area contributed by atoms with E-state index in [-0.39, 0.29) is 16.2 Å². The van der Waals surface area contributed by atoms with Crippen molar-refractivity contribution < 1.29 is 18.9 Å². The molecule has 2 aliphatic carbocycles. The number of benzene rings is 6. The lowest BCUT2D eigenvalue weighted by atomic mass is 9.72. The van der Waals surface area contributed by atoms with E-state index in [4.69, 9.17) is 18.9 Å². The van der Waals surface area contributed by atoms with E-state index in [9.17, 15) is 0 Å². The van der Waals surface area contributed by atoms with Gasteiger partial charge >= 0.3 is 0 Å². The van der Waals surface area contributed by atoms with Gasteiger partial charge in [0.1, 0.15) is 26.4 Å². The molecule has 0 saturated carbocycles. The average molecular weight is 701 g/mol. The lowest BCUT2D eigenvalue weighted by Crippen LogP contribution is -2.27. The van der Waals surface area contributed by atoms with Crippen LogP contribution in [-0.4, -0.2) is 0 Å². The van der Waals surface area contributed by atoms with Crippen LogP contribution in [0.3, 0.4) is 0 Å². The van der Waals surface area contributed by atoms with Gasteiger partial charge in [-0.25, -0.2) is 0 Å². The maximum Gasteiger partial charge on any atom is 0.162 e. The van der Waals surface area contributed by atoms with E-state index in [1.165, 1.54) is 22.3 Å². The number of fused-ring (bicyclic) bond motifs is 4. The maximum absolute atomic E-state index is 6.68. The van der Waals surface area contributed by atoms with Crippen molar-refractivity contribution in [3.05, 3.63) is 190 Å². The van der Waals surface area contributed by atoms with Gasteiger partial charge in [0.15, 0.2) is 23.0 Å². The van der Waals surface area contributed by atoms with Crippen molar-refractivity contribution in [1.82, 2.24) is 0 Å². The molecular formula is C49H48O4. The number of ether oxygens (including phenoxy) is 4. The molecule has 0 heterocycles. The highest BCUT2D eigenvalue weighted by atomic mass is 16.5. The van der Waals surface area contributed by atoms with Gasteiger partial charge in [0, 0.05) is 5.41 Å². The summed E-state index contributed by atoms with van der Waals surface area (Å²) in [5.41, 5.74) is 9.28. The molecule has 6 aromatic carbocycles.